The number of amides is 2. The molecule has 1 heterocycles. The minimum Gasteiger partial charge on any atom is -0.297 e. The Kier molecular flexibility index (Phi) is 6.69. The topological polar surface area (TPSA) is 97.6 Å². The summed E-state index contributed by atoms with van der Waals surface area (Å²) in [5, 5.41) is 12.4. The molecular formula is C42H32N2O5. The Bertz CT molecular complexity index is 2120. The average Bonchev–Trinajstić information content (AvgIpc) is 3.62. The Balaban J connectivity index is 1.55. The Morgan fingerprint density at radius 2 is 0.980 bits per heavy atom. The maximum absolute atomic E-state index is 16.0. The quantitative estimate of drug-likeness (QED) is 0.107. The molecule has 240 valence electrons. The number of imide groups is 1. The number of carbonyl (C=O) groups excluding carboxylic acids is 3. The number of benzene rings is 5. The number of anilines is 1. The number of allylic oxidation sites excluding steroid dienone is 2. The first-order chi connectivity index (χ1) is 23.6. The Morgan fingerprint density at radius 1 is 0.571 bits per heavy atom. The molecule has 0 radical (unpaired) electrons. The summed E-state index contributed by atoms with van der Waals surface area (Å²) >= 11 is 0. The fraction of sp³-hybridized carbons (Fsp3) is 0.167. The van der Waals surface area contributed by atoms with Gasteiger partial charge >= 0.3 is 0 Å². The highest BCUT2D eigenvalue weighted by molar-refractivity contribution is 6.39. The number of Topliss-reactive ketones (excluding diaryl/α,β-unsaturated/α-hetero) is 1. The van der Waals surface area contributed by atoms with Crippen LogP contribution in [0.2, 0.25) is 0 Å². The second-order valence-electron chi connectivity index (χ2n) is 13.4. The van der Waals surface area contributed by atoms with Crippen LogP contribution in [0.25, 0.3) is 11.1 Å². The summed E-state index contributed by atoms with van der Waals surface area (Å²) < 4.78 is 0. The van der Waals surface area contributed by atoms with Gasteiger partial charge in [0.05, 0.1) is 27.6 Å². The van der Waals surface area contributed by atoms with Crippen molar-refractivity contribution in [1.29, 1.82) is 0 Å². The zero-order valence-corrected chi connectivity index (χ0v) is 27.2. The fourth-order valence-electron chi connectivity index (χ4n) is 8.77. The lowest BCUT2D eigenvalue weighted by atomic mass is 9.59. The van der Waals surface area contributed by atoms with Gasteiger partial charge in [-0.25, -0.2) is 4.90 Å². The Hall–Kier alpha value is -5.95. The number of nitro benzene ring substituents is 1. The number of aryl methyl sites for hydroxylation is 3. The predicted octanol–water partition coefficient (Wildman–Crippen LogP) is 7.71. The molecule has 2 fully saturated rings. The zero-order valence-electron chi connectivity index (χ0n) is 27.2. The first kappa shape index (κ1) is 30.4. The Labute approximate surface area is 283 Å². The summed E-state index contributed by atoms with van der Waals surface area (Å²) in [5.41, 5.74) is 3.20. The van der Waals surface area contributed by atoms with Gasteiger partial charge in [0.2, 0.25) is 11.8 Å². The van der Waals surface area contributed by atoms with Gasteiger partial charge in [-0.2, -0.15) is 0 Å². The highest BCUT2D eigenvalue weighted by Gasteiger charge is 2.83. The molecule has 2 bridgehead atoms. The molecule has 0 N–H and O–H groups in total. The molecule has 7 heteroatoms. The molecule has 8 rings (SSSR count). The van der Waals surface area contributed by atoms with Crippen molar-refractivity contribution in [2.24, 2.45) is 11.8 Å². The zero-order chi connectivity index (χ0) is 34.2. The molecule has 49 heavy (non-hydrogen) atoms. The summed E-state index contributed by atoms with van der Waals surface area (Å²) in [4.78, 5) is 59.1. The molecule has 4 atom stereocenters. The van der Waals surface area contributed by atoms with Crippen LogP contribution in [0.5, 0.6) is 0 Å². The van der Waals surface area contributed by atoms with Crippen LogP contribution in [0, 0.1) is 42.7 Å². The van der Waals surface area contributed by atoms with Crippen LogP contribution in [0.4, 0.5) is 11.4 Å². The lowest BCUT2D eigenvalue weighted by Crippen LogP contribution is -2.45. The smallest absolute Gasteiger partial charge is 0.293 e. The molecule has 0 spiro atoms. The van der Waals surface area contributed by atoms with Crippen molar-refractivity contribution in [2.45, 2.75) is 31.6 Å². The fourth-order valence-corrected chi connectivity index (χ4v) is 8.77. The van der Waals surface area contributed by atoms with Crippen LogP contribution in [0.1, 0.15) is 38.9 Å². The molecule has 0 aromatic heterocycles. The second kappa shape index (κ2) is 10.8. The molecule has 1 saturated heterocycles. The number of nitro groups is 1. The van der Waals surface area contributed by atoms with Crippen LogP contribution in [-0.2, 0) is 25.2 Å². The summed E-state index contributed by atoms with van der Waals surface area (Å²) in [6.07, 6.45) is 0. The molecular weight excluding hydrogens is 612 g/mol. The third-order valence-electron chi connectivity index (χ3n) is 10.7. The van der Waals surface area contributed by atoms with E-state index in [1.807, 2.05) is 123 Å². The third-order valence-corrected chi connectivity index (χ3v) is 10.7. The van der Waals surface area contributed by atoms with Gasteiger partial charge in [0.15, 0.2) is 5.78 Å². The molecule has 2 aliphatic carbocycles. The molecule has 7 nitrogen and oxygen atoms in total. The average molecular weight is 645 g/mol. The van der Waals surface area contributed by atoms with Crippen molar-refractivity contribution < 1.29 is 19.3 Å². The van der Waals surface area contributed by atoms with E-state index in [4.69, 9.17) is 0 Å². The first-order valence-corrected chi connectivity index (χ1v) is 16.3. The van der Waals surface area contributed by atoms with Gasteiger partial charge in [0.1, 0.15) is 5.69 Å². The number of carbonyl (C=O) groups is 3. The van der Waals surface area contributed by atoms with Crippen LogP contribution in [-0.4, -0.2) is 22.5 Å². The van der Waals surface area contributed by atoms with E-state index in [9.17, 15) is 10.1 Å². The van der Waals surface area contributed by atoms with Crippen LogP contribution < -0.4 is 4.90 Å². The van der Waals surface area contributed by atoms with Gasteiger partial charge in [-0.1, -0.05) is 126 Å². The van der Waals surface area contributed by atoms with Crippen molar-refractivity contribution in [1.82, 2.24) is 0 Å². The van der Waals surface area contributed by atoms with Gasteiger partial charge in [-0.05, 0) is 65.8 Å². The lowest BCUT2D eigenvalue weighted by molar-refractivity contribution is -0.384. The summed E-state index contributed by atoms with van der Waals surface area (Å²) in [6.45, 7) is 5.70. The molecule has 1 aliphatic heterocycles. The van der Waals surface area contributed by atoms with E-state index in [2.05, 4.69) is 0 Å². The molecule has 2 amide bonds. The van der Waals surface area contributed by atoms with E-state index < -0.39 is 39.4 Å². The number of hydrogen-bond donors (Lipinski definition) is 0. The standard InChI is InChI=1S/C42H32N2O5/c1-25-14-19-28(20-15-25)34-35(29-21-16-26(2)17-22-29)42(31-12-8-5-9-13-31)37-36(41(34,40(42)47)30-10-6-4-7-11-30)38(45)43(39(37)46)32-23-18-27(3)24-33(32)44(48)49/h4-24,36-37H,1-3H3/t36-,37-,41+,42+/m0/s1. The number of hydrogen-bond acceptors (Lipinski definition) is 5. The predicted molar refractivity (Wildman–Crippen MR) is 188 cm³/mol. The third kappa shape index (κ3) is 3.93. The van der Waals surface area contributed by atoms with Crippen molar-refractivity contribution in [2.75, 3.05) is 4.90 Å². The molecule has 0 unspecified atom stereocenters. The summed E-state index contributed by atoms with van der Waals surface area (Å²) in [6, 6.07) is 38.9. The second-order valence-corrected chi connectivity index (χ2v) is 13.4. The molecule has 5 aromatic carbocycles. The SMILES string of the molecule is Cc1ccc(C2=C(c3ccc(C)cc3)[C@@]3(c4ccccc4)C(=O)[C@@]2(c2ccccc2)[C@@H]2C(=O)N(c4ccc(C)cc4[N+](=O)[O-])C(=O)[C@H]23)cc1. The molecule has 3 aliphatic rings. The van der Waals surface area contributed by atoms with Gasteiger partial charge in [-0.15, -0.1) is 0 Å². The van der Waals surface area contributed by atoms with Crippen molar-refractivity contribution >= 4 is 40.1 Å². The van der Waals surface area contributed by atoms with E-state index in [1.165, 1.54) is 12.1 Å². The van der Waals surface area contributed by atoms with Gasteiger partial charge < -0.3 is 0 Å². The minimum atomic E-state index is -1.59. The van der Waals surface area contributed by atoms with E-state index >= 15 is 14.4 Å². The maximum atomic E-state index is 16.0. The number of fused-ring (bicyclic) bond motifs is 5. The van der Waals surface area contributed by atoms with Crippen molar-refractivity contribution in [3.63, 3.8) is 0 Å². The van der Waals surface area contributed by atoms with Crippen LogP contribution >= 0.6 is 0 Å². The number of rotatable bonds is 6. The Morgan fingerprint density at radius 3 is 1.39 bits per heavy atom. The van der Waals surface area contributed by atoms with E-state index in [1.54, 1.807) is 13.0 Å². The highest BCUT2D eigenvalue weighted by atomic mass is 16.6. The maximum Gasteiger partial charge on any atom is 0.293 e. The highest BCUT2D eigenvalue weighted by Crippen LogP contribution is 2.74. The summed E-state index contributed by atoms with van der Waals surface area (Å²) in [5.74, 6) is -3.81. The largest absolute Gasteiger partial charge is 0.297 e. The van der Waals surface area contributed by atoms with E-state index in [0.717, 1.165) is 27.2 Å². The summed E-state index contributed by atoms with van der Waals surface area (Å²) in [7, 11) is 0. The van der Waals surface area contributed by atoms with Crippen molar-refractivity contribution in [3.8, 4) is 0 Å². The van der Waals surface area contributed by atoms with Gasteiger partial charge in [0.25, 0.3) is 5.69 Å². The van der Waals surface area contributed by atoms with Gasteiger partial charge in [-0.3, -0.25) is 24.5 Å². The minimum absolute atomic E-state index is 0.0907. The first-order valence-electron chi connectivity index (χ1n) is 16.3. The normalized spacial score (nSPS) is 24.1. The lowest BCUT2D eigenvalue weighted by Gasteiger charge is -2.39. The number of ketones is 1. The number of nitrogens with zero attached hydrogens (tertiary/aromatic N) is 2. The molecule has 1 saturated carbocycles. The van der Waals surface area contributed by atoms with Crippen molar-refractivity contribution in [3.05, 3.63) is 176 Å². The molecule has 5 aromatic rings. The van der Waals surface area contributed by atoms with Crippen LogP contribution in [0.3, 0.4) is 0 Å². The van der Waals surface area contributed by atoms with E-state index in [0.29, 0.717) is 27.8 Å². The van der Waals surface area contributed by atoms with Gasteiger partial charge in [0, 0.05) is 6.07 Å². The van der Waals surface area contributed by atoms with Crippen LogP contribution in [0.15, 0.2) is 127 Å². The van der Waals surface area contributed by atoms with E-state index in [-0.39, 0.29) is 17.2 Å². The monoisotopic (exact) mass is 644 g/mol.